The first-order chi connectivity index (χ1) is 14.3. The molecule has 1 heterocycles. The lowest BCUT2D eigenvalue weighted by Gasteiger charge is -2.40. The number of hydrogen-bond acceptors (Lipinski definition) is 3. The summed E-state index contributed by atoms with van der Waals surface area (Å²) in [4.78, 5) is 17.1. The third-order valence-corrected chi connectivity index (χ3v) is 6.05. The molecule has 0 unspecified atom stereocenters. The largest absolute Gasteiger partial charge is 0.489 e. The van der Waals surface area contributed by atoms with Crippen LogP contribution in [0, 0.1) is 0 Å². The molecule has 29 heavy (non-hydrogen) atoms. The van der Waals surface area contributed by atoms with Gasteiger partial charge in [-0.3, -0.25) is 4.90 Å². The Morgan fingerprint density at radius 2 is 1.59 bits per heavy atom. The van der Waals surface area contributed by atoms with Crippen LogP contribution in [0.3, 0.4) is 0 Å². The minimum atomic E-state index is -0.00810. The predicted molar refractivity (Wildman–Crippen MR) is 116 cm³/mol. The van der Waals surface area contributed by atoms with Crippen molar-refractivity contribution in [3.05, 3.63) is 60.2 Å². The van der Waals surface area contributed by atoms with Gasteiger partial charge in [-0.05, 0) is 42.7 Å². The SMILES string of the molecule is O=C(Nc1ccc(OCc2ccccc2)cc1)N1CCN(C2CCCCC2)CC1. The highest BCUT2D eigenvalue weighted by molar-refractivity contribution is 5.89. The zero-order valence-electron chi connectivity index (χ0n) is 17.1. The number of piperazine rings is 1. The normalized spacial score (nSPS) is 18.4. The van der Waals surface area contributed by atoms with Crippen molar-refractivity contribution in [1.29, 1.82) is 0 Å². The fourth-order valence-corrected chi connectivity index (χ4v) is 4.31. The second-order valence-corrected chi connectivity index (χ2v) is 8.04. The van der Waals surface area contributed by atoms with Crippen molar-refractivity contribution in [2.75, 3.05) is 31.5 Å². The molecule has 0 spiro atoms. The van der Waals surface area contributed by atoms with Crippen LogP contribution in [0.1, 0.15) is 37.7 Å². The molecule has 5 heteroatoms. The maximum atomic E-state index is 12.6. The summed E-state index contributed by atoms with van der Waals surface area (Å²) >= 11 is 0. The lowest BCUT2D eigenvalue weighted by atomic mass is 9.94. The van der Waals surface area contributed by atoms with Gasteiger partial charge in [0.25, 0.3) is 0 Å². The maximum absolute atomic E-state index is 12.6. The van der Waals surface area contributed by atoms with Crippen LogP contribution in [-0.4, -0.2) is 48.1 Å². The molecule has 1 N–H and O–H groups in total. The van der Waals surface area contributed by atoms with E-state index in [1.165, 1.54) is 32.1 Å². The van der Waals surface area contributed by atoms with Gasteiger partial charge in [0, 0.05) is 37.9 Å². The lowest BCUT2D eigenvalue weighted by molar-refractivity contribution is 0.0943. The highest BCUT2D eigenvalue weighted by atomic mass is 16.5. The Morgan fingerprint density at radius 1 is 0.897 bits per heavy atom. The monoisotopic (exact) mass is 393 g/mol. The summed E-state index contributed by atoms with van der Waals surface area (Å²) in [6, 6.07) is 18.4. The maximum Gasteiger partial charge on any atom is 0.321 e. The van der Waals surface area contributed by atoms with Gasteiger partial charge in [-0.15, -0.1) is 0 Å². The molecule has 5 nitrogen and oxygen atoms in total. The zero-order chi connectivity index (χ0) is 19.9. The van der Waals surface area contributed by atoms with Gasteiger partial charge in [0.2, 0.25) is 0 Å². The smallest absolute Gasteiger partial charge is 0.321 e. The summed E-state index contributed by atoms with van der Waals surface area (Å²) in [6.07, 6.45) is 6.75. The van der Waals surface area contributed by atoms with Crippen LogP contribution in [-0.2, 0) is 6.61 Å². The van der Waals surface area contributed by atoms with Gasteiger partial charge in [-0.2, -0.15) is 0 Å². The van der Waals surface area contributed by atoms with Crippen LogP contribution in [0.2, 0.25) is 0 Å². The second-order valence-electron chi connectivity index (χ2n) is 8.04. The first-order valence-electron chi connectivity index (χ1n) is 10.8. The number of nitrogens with one attached hydrogen (secondary N) is 1. The van der Waals surface area contributed by atoms with E-state index in [2.05, 4.69) is 10.2 Å². The number of nitrogens with zero attached hydrogens (tertiary/aromatic N) is 2. The van der Waals surface area contributed by atoms with Crippen molar-refractivity contribution in [2.24, 2.45) is 0 Å². The van der Waals surface area contributed by atoms with Gasteiger partial charge >= 0.3 is 6.03 Å². The second kappa shape index (κ2) is 9.79. The van der Waals surface area contributed by atoms with E-state index in [4.69, 9.17) is 4.74 Å². The molecule has 0 aromatic heterocycles. The number of carbonyl (C=O) groups excluding carboxylic acids is 1. The molecule has 1 aliphatic heterocycles. The fraction of sp³-hybridized carbons (Fsp3) is 0.458. The first kappa shape index (κ1) is 19.8. The molecule has 2 aliphatic rings. The number of carbonyl (C=O) groups is 1. The van der Waals surface area contributed by atoms with Crippen LogP contribution in [0.25, 0.3) is 0 Å². The van der Waals surface area contributed by atoms with Crippen molar-refractivity contribution in [3.8, 4) is 5.75 Å². The molecular weight excluding hydrogens is 362 g/mol. The number of benzene rings is 2. The number of ether oxygens (including phenoxy) is 1. The molecule has 0 bridgehead atoms. The topological polar surface area (TPSA) is 44.8 Å². The van der Waals surface area contributed by atoms with Crippen molar-refractivity contribution >= 4 is 11.7 Å². The van der Waals surface area contributed by atoms with E-state index in [9.17, 15) is 4.79 Å². The molecule has 0 atom stereocenters. The van der Waals surface area contributed by atoms with Crippen LogP contribution in [0.5, 0.6) is 5.75 Å². The van der Waals surface area contributed by atoms with Crippen molar-refractivity contribution in [3.63, 3.8) is 0 Å². The summed E-state index contributed by atoms with van der Waals surface area (Å²) < 4.78 is 5.81. The third-order valence-electron chi connectivity index (χ3n) is 6.05. The summed E-state index contributed by atoms with van der Waals surface area (Å²) in [5.41, 5.74) is 1.94. The summed E-state index contributed by atoms with van der Waals surface area (Å²) in [7, 11) is 0. The molecule has 154 valence electrons. The zero-order valence-corrected chi connectivity index (χ0v) is 17.1. The number of rotatable bonds is 5. The fourth-order valence-electron chi connectivity index (χ4n) is 4.31. The van der Waals surface area contributed by atoms with Gasteiger partial charge < -0.3 is 15.0 Å². The Balaban J connectivity index is 1.22. The van der Waals surface area contributed by atoms with Crippen LogP contribution >= 0.6 is 0 Å². The average Bonchev–Trinajstić information content (AvgIpc) is 2.80. The van der Waals surface area contributed by atoms with E-state index < -0.39 is 0 Å². The Labute approximate surface area is 173 Å². The Bertz CT molecular complexity index is 764. The average molecular weight is 394 g/mol. The number of urea groups is 1. The van der Waals surface area contributed by atoms with Crippen LogP contribution < -0.4 is 10.1 Å². The molecule has 2 aromatic rings. The molecule has 1 saturated carbocycles. The highest BCUT2D eigenvalue weighted by Gasteiger charge is 2.26. The molecule has 1 saturated heterocycles. The number of amides is 2. The molecule has 2 aromatic carbocycles. The first-order valence-corrected chi connectivity index (χ1v) is 10.8. The van der Waals surface area contributed by atoms with Gasteiger partial charge in [0.15, 0.2) is 0 Å². The van der Waals surface area contributed by atoms with Gasteiger partial charge in [-0.1, -0.05) is 49.6 Å². The van der Waals surface area contributed by atoms with E-state index in [1.54, 1.807) is 0 Å². The third kappa shape index (κ3) is 5.51. The van der Waals surface area contributed by atoms with E-state index in [1.807, 2.05) is 59.5 Å². The lowest BCUT2D eigenvalue weighted by Crippen LogP contribution is -2.53. The van der Waals surface area contributed by atoms with Gasteiger partial charge in [-0.25, -0.2) is 4.79 Å². The highest BCUT2D eigenvalue weighted by Crippen LogP contribution is 2.24. The van der Waals surface area contributed by atoms with Crippen molar-refractivity contribution in [2.45, 2.75) is 44.8 Å². The van der Waals surface area contributed by atoms with Gasteiger partial charge in [0.05, 0.1) is 0 Å². The standard InChI is InChI=1S/C24H31N3O2/c28-24(27-17-15-26(16-18-27)22-9-5-2-6-10-22)25-21-11-13-23(14-12-21)29-19-20-7-3-1-4-8-20/h1,3-4,7-8,11-14,22H,2,5-6,9-10,15-19H2,(H,25,28). The van der Waals surface area contributed by atoms with Crippen LogP contribution in [0.15, 0.2) is 54.6 Å². The molecule has 2 fully saturated rings. The van der Waals surface area contributed by atoms with E-state index >= 15 is 0 Å². The molecule has 0 radical (unpaired) electrons. The van der Waals surface area contributed by atoms with Gasteiger partial charge in [0.1, 0.15) is 12.4 Å². The minimum absolute atomic E-state index is 0.00810. The Kier molecular flexibility index (Phi) is 6.67. The predicted octanol–water partition coefficient (Wildman–Crippen LogP) is 4.75. The van der Waals surface area contributed by atoms with E-state index in [0.29, 0.717) is 6.61 Å². The summed E-state index contributed by atoms with van der Waals surface area (Å²) in [5.74, 6) is 0.799. The minimum Gasteiger partial charge on any atom is -0.489 e. The number of anilines is 1. The molecule has 2 amide bonds. The Morgan fingerprint density at radius 3 is 2.28 bits per heavy atom. The van der Waals surface area contributed by atoms with Crippen molar-refractivity contribution in [1.82, 2.24) is 9.80 Å². The summed E-state index contributed by atoms with van der Waals surface area (Å²) in [6.45, 7) is 4.13. The van der Waals surface area contributed by atoms with Crippen LogP contribution in [0.4, 0.5) is 10.5 Å². The number of hydrogen-bond donors (Lipinski definition) is 1. The van der Waals surface area contributed by atoms with Crippen molar-refractivity contribution < 1.29 is 9.53 Å². The Hall–Kier alpha value is -2.53. The quantitative estimate of drug-likeness (QED) is 0.797. The molecule has 1 aliphatic carbocycles. The van der Waals surface area contributed by atoms with E-state index in [-0.39, 0.29) is 6.03 Å². The molecule has 4 rings (SSSR count). The molecular formula is C24H31N3O2. The van der Waals surface area contributed by atoms with E-state index in [0.717, 1.165) is 49.2 Å². The summed E-state index contributed by atoms with van der Waals surface area (Å²) in [5, 5.41) is 3.02.